The molecule has 396 valence electrons. The minimum absolute atomic E-state index is 0.0489. The number of fused-ring (bicyclic) bond motifs is 2. The molecule has 24 heteroatoms. The first-order chi connectivity index (χ1) is 34.7. The fourth-order valence-corrected chi connectivity index (χ4v) is 12.6. The maximum absolute atomic E-state index is 14.3. The van der Waals surface area contributed by atoms with Crippen LogP contribution in [0.1, 0.15) is 87.0 Å². The monoisotopic (exact) mass is 1070 g/mol. The van der Waals surface area contributed by atoms with Gasteiger partial charge in [0.05, 0.1) is 19.9 Å². The van der Waals surface area contributed by atoms with Crippen molar-refractivity contribution >= 4 is 83.6 Å². The van der Waals surface area contributed by atoms with Crippen molar-refractivity contribution in [2.45, 2.75) is 136 Å². The Labute approximate surface area is 435 Å². The number of amides is 4. The summed E-state index contributed by atoms with van der Waals surface area (Å²) < 4.78 is 36.9. The predicted molar refractivity (Wildman–Crippen MR) is 278 cm³/mol. The Morgan fingerprint density at radius 1 is 0.973 bits per heavy atom. The average Bonchev–Trinajstić information content (AvgIpc) is 3.99. The molecule has 0 radical (unpaired) electrons. The van der Waals surface area contributed by atoms with Gasteiger partial charge in [-0.3, -0.25) is 19.8 Å². The summed E-state index contributed by atoms with van der Waals surface area (Å²) in [5.74, 6) is -1.27. The topological polar surface area (TPSA) is 231 Å². The molecule has 2 N–H and O–H groups in total. The Morgan fingerprint density at radius 3 is 2.34 bits per heavy atom. The van der Waals surface area contributed by atoms with E-state index in [1.165, 1.54) is 16.7 Å². The van der Waals surface area contributed by atoms with E-state index in [-0.39, 0.29) is 48.2 Å². The van der Waals surface area contributed by atoms with Crippen molar-refractivity contribution in [1.29, 1.82) is 0 Å². The number of benzene rings is 1. The van der Waals surface area contributed by atoms with Crippen LogP contribution in [-0.4, -0.2) is 134 Å². The molecule has 2 atom stereocenters. The third-order valence-electron chi connectivity index (χ3n) is 12.0. The summed E-state index contributed by atoms with van der Waals surface area (Å²) in [6.45, 7) is 21.0. The van der Waals surface area contributed by atoms with E-state index >= 15 is 0 Å². The number of carbonyl (C=O) groups excluding carboxylic acids is 5. The highest BCUT2D eigenvalue weighted by atomic mass is 32.2. The summed E-state index contributed by atoms with van der Waals surface area (Å²) in [6.07, 6.45) is 3.09. The van der Waals surface area contributed by atoms with Gasteiger partial charge in [0.25, 0.3) is 11.8 Å². The third kappa shape index (κ3) is 14.6. The largest absolute Gasteiger partial charge is 0.497 e. The van der Waals surface area contributed by atoms with Crippen molar-refractivity contribution < 1.29 is 56.8 Å². The van der Waals surface area contributed by atoms with Crippen molar-refractivity contribution in [2.75, 3.05) is 44.5 Å². The minimum Gasteiger partial charge on any atom is -0.497 e. The Morgan fingerprint density at radius 2 is 1.68 bits per heavy atom. The molecule has 0 aliphatic carbocycles. The maximum atomic E-state index is 14.3. The Balaban J connectivity index is 1.21. The van der Waals surface area contributed by atoms with Gasteiger partial charge < -0.3 is 43.0 Å². The zero-order valence-electron chi connectivity index (χ0n) is 43.6. The lowest BCUT2D eigenvalue weighted by molar-refractivity contribution is -0.664. The minimum atomic E-state index is -1.85. The van der Waals surface area contributed by atoms with Crippen LogP contribution in [0, 0.1) is 0 Å². The van der Waals surface area contributed by atoms with E-state index in [2.05, 4.69) is 45.9 Å². The molecule has 0 spiro atoms. The van der Waals surface area contributed by atoms with Gasteiger partial charge in [-0.05, 0) is 108 Å². The number of oxime groups is 1. The van der Waals surface area contributed by atoms with Crippen LogP contribution < -0.4 is 19.9 Å². The first-order valence-electron chi connectivity index (χ1n) is 24.5. The second-order valence-electron chi connectivity index (χ2n) is 19.3. The zero-order chi connectivity index (χ0) is 53.1. The maximum Gasteiger partial charge on any atom is 0.414 e. The van der Waals surface area contributed by atoms with E-state index in [0.29, 0.717) is 60.9 Å². The molecule has 2 aliphatic heterocycles. The number of carbonyl (C=O) groups is 5. The Hall–Kier alpha value is -6.11. The van der Waals surface area contributed by atoms with Crippen LogP contribution >= 0.6 is 23.3 Å². The van der Waals surface area contributed by atoms with Crippen LogP contribution in [0.25, 0.3) is 11.2 Å². The van der Waals surface area contributed by atoms with E-state index < -0.39 is 54.8 Å². The summed E-state index contributed by atoms with van der Waals surface area (Å²) in [4.78, 5) is 85.6. The molecule has 5 heterocycles. The molecule has 1 saturated heterocycles. The van der Waals surface area contributed by atoms with Crippen LogP contribution in [0.4, 0.5) is 14.7 Å². The van der Waals surface area contributed by atoms with Gasteiger partial charge in [-0.2, -0.15) is 9.36 Å². The molecule has 1 fully saturated rings. The number of imidazole rings is 1. The number of nitrogens with one attached hydrogen (secondary N) is 2. The molecule has 73 heavy (non-hydrogen) atoms. The lowest BCUT2D eigenvalue weighted by Crippen LogP contribution is -2.71. The molecule has 6 rings (SSSR count). The normalized spacial score (nSPS) is 16.1. The van der Waals surface area contributed by atoms with Crippen LogP contribution in [0.3, 0.4) is 0 Å². The van der Waals surface area contributed by atoms with Gasteiger partial charge in [0.15, 0.2) is 8.32 Å². The number of nitrogens with zero attached hydrogens (tertiary/aromatic N) is 8. The lowest BCUT2D eigenvalue weighted by Gasteiger charge is -2.49. The number of aromatic nitrogens is 5. The fraction of sp³-hybridized carbons (Fsp3) is 0.551. The molecule has 21 nitrogen and oxygen atoms in total. The predicted octanol–water partition coefficient (Wildman–Crippen LogP) is 7.02. The Kier molecular flexibility index (Phi) is 19.0. The third-order valence-corrected chi connectivity index (χ3v) is 18.6. The SMILES string of the molecule is CCON=C(C(=O)NC1C(=O)N2C(C(=O)OCc3ccc(OC)cc3)=C(C[n+]3cccc4c3ncn4CCCN(CCO[Si](CC)(CC)CC)C(=O)OC(C)(C)C)CSC12)c1nsc(NC(=O)OC(C)(C)C)n1. The van der Waals surface area contributed by atoms with E-state index in [1.54, 1.807) is 70.3 Å². The van der Waals surface area contributed by atoms with Gasteiger partial charge >= 0.3 is 23.8 Å². The van der Waals surface area contributed by atoms with Crippen LogP contribution in [0.5, 0.6) is 5.75 Å². The number of thioether (sulfide) groups is 1. The van der Waals surface area contributed by atoms with Crippen LogP contribution in [-0.2, 0) is 57.6 Å². The van der Waals surface area contributed by atoms with E-state index in [0.717, 1.165) is 35.2 Å². The highest BCUT2D eigenvalue weighted by Crippen LogP contribution is 2.41. The van der Waals surface area contributed by atoms with Gasteiger partial charge in [-0.1, -0.05) is 38.1 Å². The van der Waals surface area contributed by atoms with Crippen molar-refractivity contribution in [3.8, 4) is 5.75 Å². The quantitative estimate of drug-likeness (QED) is 0.0145. The molecular weight excluding hydrogens is 997 g/mol. The van der Waals surface area contributed by atoms with Crippen molar-refractivity contribution in [2.24, 2.45) is 5.16 Å². The van der Waals surface area contributed by atoms with Crippen molar-refractivity contribution in [1.82, 2.24) is 34.0 Å². The van der Waals surface area contributed by atoms with Crippen LogP contribution in [0.2, 0.25) is 18.1 Å². The number of aryl methyl sites for hydroxylation is 1. The molecule has 3 aromatic heterocycles. The van der Waals surface area contributed by atoms with E-state index in [9.17, 15) is 24.0 Å². The summed E-state index contributed by atoms with van der Waals surface area (Å²) in [5, 5.41) is 8.56. The molecule has 4 amide bonds. The number of esters is 1. The fourth-order valence-electron chi connectivity index (χ4n) is 8.09. The smallest absolute Gasteiger partial charge is 0.414 e. The van der Waals surface area contributed by atoms with Crippen LogP contribution in [0.15, 0.2) is 65.3 Å². The van der Waals surface area contributed by atoms with Gasteiger partial charge in [0.1, 0.15) is 59.3 Å². The lowest BCUT2D eigenvalue weighted by atomic mass is 10.0. The Bertz CT molecular complexity index is 2650. The molecule has 2 unspecified atom stereocenters. The molecule has 0 saturated carbocycles. The zero-order valence-corrected chi connectivity index (χ0v) is 46.3. The number of rotatable bonds is 23. The second-order valence-corrected chi connectivity index (χ2v) is 26.0. The van der Waals surface area contributed by atoms with E-state index in [1.807, 2.05) is 48.2 Å². The van der Waals surface area contributed by atoms with E-state index in [4.69, 9.17) is 33.2 Å². The highest BCUT2D eigenvalue weighted by molar-refractivity contribution is 8.00. The molecule has 2 aliphatic rings. The number of pyridine rings is 1. The molecule has 0 bridgehead atoms. The van der Waals surface area contributed by atoms with Crippen molar-refractivity contribution in [3.05, 3.63) is 71.6 Å². The summed E-state index contributed by atoms with van der Waals surface area (Å²) in [7, 11) is -0.292. The van der Waals surface area contributed by atoms with Crippen molar-refractivity contribution in [3.63, 3.8) is 0 Å². The van der Waals surface area contributed by atoms with Gasteiger partial charge in [-0.25, -0.2) is 19.0 Å². The average molecular weight is 1070 g/mol. The molecular formula is C49H69N10O11S2Si+. The molecule has 1 aromatic carbocycles. The van der Waals surface area contributed by atoms with Gasteiger partial charge in [0.2, 0.25) is 23.0 Å². The first kappa shape index (κ1) is 56.2. The number of hydrogen-bond donors (Lipinski definition) is 2. The number of hydrogen-bond acceptors (Lipinski definition) is 17. The molecule has 4 aromatic rings. The standard InChI is InChI=1S/C49H68N10O11S2Si/c1-12-67-54-36(39-52-45(72-55-39)53-46(63)69-48(5,6)7)41(60)51-37-42(61)59-38(44(62)66-29-32-19-21-34(65-11)22-20-32)33(30-71-43(37)59)28-57-23-16-18-35-40(57)50-31-58(35)25-17-24-56(47(64)70-49(8,9)10)26-27-68-73(13-2,14-3)15-4/h16,18-23,31,37,43H,12-15,17,24-30H2,1-11H3,(H-,51,52,53,55,60,63)/p+1. The first-order valence-corrected chi connectivity index (χ1v) is 28.8. The summed E-state index contributed by atoms with van der Waals surface area (Å²) >= 11 is 2.18. The number of ether oxygens (including phenoxy) is 4. The number of anilines is 1. The second kappa shape index (κ2) is 24.7. The number of methoxy groups -OCH3 is 1. The number of β-lactam (4-membered cyclic amide) rings is 1. The van der Waals surface area contributed by atoms with Gasteiger partial charge in [-0.15, -0.1) is 11.8 Å². The summed E-state index contributed by atoms with van der Waals surface area (Å²) in [5.41, 5.74) is 1.13. The summed E-state index contributed by atoms with van der Waals surface area (Å²) in [6, 6.07) is 12.9. The highest BCUT2D eigenvalue weighted by Gasteiger charge is 2.55. The van der Waals surface area contributed by atoms with Gasteiger partial charge in [0, 0.05) is 42.5 Å².